The molecular weight excluding hydrogens is 282 g/mol. The van der Waals surface area contributed by atoms with Gasteiger partial charge in [-0.05, 0) is 37.6 Å². The van der Waals surface area contributed by atoms with E-state index in [0.29, 0.717) is 13.2 Å². The first kappa shape index (κ1) is 16.6. The third-order valence-corrected chi connectivity index (χ3v) is 3.61. The highest BCUT2D eigenvalue weighted by atomic mass is 16.5. The van der Waals surface area contributed by atoms with Crippen molar-refractivity contribution in [3.8, 4) is 5.75 Å². The second-order valence-corrected chi connectivity index (χ2v) is 5.32. The number of aliphatic carboxylic acids is 1. The van der Waals surface area contributed by atoms with Gasteiger partial charge in [0.05, 0.1) is 18.8 Å². The zero-order chi connectivity index (χ0) is 15.8. The Bertz CT molecular complexity index is 486. The number of carbonyl (C=O) groups is 1. The molecule has 0 radical (unpaired) electrons. The van der Waals surface area contributed by atoms with Gasteiger partial charge in [-0.3, -0.25) is 4.79 Å². The molecule has 0 aromatic heterocycles. The average molecular weight is 307 g/mol. The maximum Gasteiger partial charge on any atom is 0.317 e. The van der Waals surface area contributed by atoms with Crippen LogP contribution >= 0.6 is 0 Å². The van der Waals surface area contributed by atoms with E-state index in [2.05, 4.69) is 21.6 Å². The molecule has 22 heavy (non-hydrogen) atoms. The van der Waals surface area contributed by atoms with Crippen LogP contribution in [0.3, 0.4) is 0 Å². The minimum Gasteiger partial charge on any atom is -0.492 e. The van der Waals surface area contributed by atoms with Crippen LogP contribution in [0.5, 0.6) is 5.75 Å². The van der Waals surface area contributed by atoms with Gasteiger partial charge < -0.3 is 25.4 Å². The Labute approximate surface area is 131 Å². The lowest BCUT2D eigenvalue weighted by molar-refractivity contribution is -0.135. The van der Waals surface area contributed by atoms with E-state index in [9.17, 15) is 4.79 Å². The first-order chi connectivity index (χ1) is 10.7. The molecule has 1 aliphatic rings. The minimum atomic E-state index is -0.848. The molecule has 1 saturated heterocycles. The molecule has 1 aromatic carbocycles. The monoisotopic (exact) mass is 307 g/mol. The number of benzene rings is 1. The van der Waals surface area contributed by atoms with Crippen molar-refractivity contribution in [2.24, 2.45) is 0 Å². The second kappa shape index (κ2) is 8.60. The van der Waals surface area contributed by atoms with E-state index in [-0.39, 0.29) is 6.54 Å². The van der Waals surface area contributed by atoms with Crippen molar-refractivity contribution in [3.63, 3.8) is 0 Å². The Balaban J connectivity index is 2.09. The molecular formula is C16H25N3O3. The molecule has 0 aliphatic carbocycles. The van der Waals surface area contributed by atoms with Gasteiger partial charge in [-0.25, -0.2) is 0 Å². The molecule has 3 N–H and O–H groups in total. The lowest BCUT2D eigenvalue weighted by atomic mass is 10.1. The number of hydrogen-bond acceptors (Lipinski definition) is 5. The van der Waals surface area contributed by atoms with E-state index < -0.39 is 5.97 Å². The van der Waals surface area contributed by atoms with Crippen LogP contribution in [-0.2, 0) is 11.3 Å². The number of anilines is 1. The fourth-order valence-electron chi connectivity index (χ4n) is 2.60. The van der Waals surface area contributed by atoms with Gasteiger partial charge in [-0.2, -0.15) is 0 Å². The van der Waals surface area contributed by atoms with Crippen LogP contribution < -0.4 is 20.3 Å². The first-order valence-corrected chi connectivity index (χ1v) is 7.84. The lowest BCUT2D eigenvalue weighted by Gasteiger charge is -2.25. The summed E-state index contributed by atoms with van der Waals surface area (Å²) in [5.74, 6) is 0.0257. The maximum absolute atomic E-state index is 10.6. The van der Waals surface area contributed by atoms with Crippen LogP contribution in [0.15, 0.2) is 18.2 Å². The molecule has 1 heterocycles. The van der Waals surface area contributed by atoms with Crippen LogP contribution in [0.2, 0.25) is 0 Å². The molecule has 6 heteroatoms. The minimum absolute atomic E-state index is 0.0382. The second-order valence-electron chi connectivity index (χ2n) is 5.32. The third kappa shape index (κ3) is 4.89. The average Bonchev–Trinajstić information content (AvgIpc) is 2.76. The van der Waals surface area contributed by atoms with Gasteiger partial charge in [0.1, 0.15) is 5.75 Å². The van der Waals surface area contributed by atoms with Crippen LogP contribution in [0.25, 0.3) is 0 Å². The smallest absolute Gasteiger partial charge is 0.317 e. The fourth-order valence-corrected chi connectivity index (χ4v) is 2.60. The zero-order valence-corrected chi connectivity index (χ0v) is 13.1. The molecule has 1 aliphatic heterocycles. The van der Waals surface area contributed by atoms with Crippen molar-refractivity contribution in [2.75, 3.05) is 44.2 Å². The largest absolute Gasteiger partial charge is 0.492 e. The van der Waals surface area contributed by atoms with Crippen LogP contribution in [0.1, 0.15) is 18.9 Å². The first-order valence-electron chi connectivity index (χ1n) is 7.84. The van der Waals surface area contributed by atoms with Gasteiger partial charge in [0, 0.05) is 26.2 Å². The van der Waals surface area contributed by atoms with Crippen molar-refractivity contribution < 1.29 is 14.6 Å². The fraction of sp³-hybridized carbons (Fsp3) is 0.562. The summed E-state index contributed by atoms with van der Waals surface area (Å²) in [6.45, 7) is 7.09. The highest BCUT2D eigenvalue weighted by molar-refractivity contribution is 5.69. The predicted octanol–water partition coefficient (Wildman–Crippen LogP) is 1.06. The van der Waals surface area contributed by atoms with E-state index >= 15 is 0 Å². The van der Waals surface area contributed by atoms with E-state index in [0.717, 1.165) is 49.6 Å². The van der Waals surface area contributed by atoms with Crippen molar-refractivity contribution in [1.29, 1.82) is 0 Å². The number of rotatable bonds is 7. The molecule has 0 spiro atoms. The van der Waals surface area contributed by atoms with Gasteiger partial charge in [0.25, 0.3) is 0 Å². The Morgan fingerprint density at radius 2 is 2.27 bits per heavy atom. The molecule has 1 aromatic rings. The standard InChI is InChI=1S/C16H25N3O3/c1-2-22-15-10-13(11-18-12-16(20)21)4-5-14(15)19-8-3-6-17-7-9-19/h4-5,10,17-18H,2-3,6-9,11-12H2,1H3,(H,20,21). The molecule has 1 fully saturated rings. The van der Waals surface area contributed by atoms with Crippen molar-refractivity contribution in [3.05, 3.63) is 23.8 Å². The summed E-state index contributed by atoms with van der Waals surface area (Å²) in [6.07, 6.45) is 1.12. The number of nitrogens with zero attached hydrogens (tertiary/aromatic N) is 1. The quantitative estimate of drug-likeness (QED) is 0.699. The summed E-state index contributed by atoms with van der Waals surface area (Å²) in [6, 6.07) is 6.12. The van der Waals surface area contributed by atoms with E-state index in [1.165, 1.54) is 0 Å². The van der Waals surface area contributed by atoms with E-state index in [4.69, 9.17) is 9.84 Å². The summed E-state index contributed by atoms with van der Waals surface area (Å²) >= 11 is 0. The molecule has 2 rings (SSSR count). The Kier molecular flexibility index (Phi) is 6.48. The normalized spacial score (nSPS) is 15.4. The Hall–Kier alpha value is -1.79. The number of ether oxygens (including phenoxy) is 1. The lowest BCUT2D eigenvalue weighted by Crippen LogP contribution is -2.28. The van der Waals surface area contributed by atoms with E-state index in [1.54, 1.807) is 0 Å². The van der Waals surface area contributed by atoms with Crippen LogP contribution in [0, 0.1) is 0 Å². The van der Waals surface area contributed by atoms with Crippen molar-refractivity contribution >= 4 is 11.7 Å². The molecule has 0 unspecified atom stereocenters. The van der Waals surface area contributed by atoms with E-state index in [1.807, 2.05) is 19.1 Å². The van der Waals surface area contributed by atoms with Crippen molar-refractivity contribution in [1.82, 2.24) is 10.6 Å². The molecule has 122 valence electrons. The maximum atomic E-state index is 10.6. The molecule has 0 bridgehead atoms. The molecule has 0 saturated carbocycles. The number of hydrogen-bond donors (Lipinski definition) is 3. The topological polar surface area (TPSA) is 73.8 Å². The molecule has 0 amide bonds. The van der Waals surface area contributed by atoms with Gasteiger partial charge in [0.15, 0.2) is 0 Å². The number of carboxylic acids is 1. The number of carboxylic acid groups (broad SMARTS) is 1. The summed E-state index contributed by atoms with van der Waals surface area (Å²) in [5.41, 5.74) is 2.15. The zero-order valence-electron chi connectivity index (χ0n) is 13.1. The predicted molar refractivity (Wildman–Crippen MR) is 86.7 cm³/mol. The summed E-state index contributed by atoms with van der Waals surface area (Å²) in [4.78, 5) is 12.9. The highest BCUT2D eigenvalue weighted by Crippen LogP contribution is 2.30. The summed E-state index contributed by atoms with van der Waals surface area (Å²) in [7, 11) is 0. The van der Waals surface area contributed by atoms with Gasteiger partial charge >= 0.3 is 5.97 Å². The highest BCUT2D eigenvalue weighted by Gasteiger charge is 2.14. The Morgan fingerprint density at radius 1 is 1.41 bits per heavy atom. The third-order valence-electron chi connectivity index (χ3n) is 3.61. The van der Waals surface area contributed by atoms with Crippen LogP contribution in [0.4, 0.5) is 5.69 Å². The molecule has 0 atom stereocenters. The summed E-state index contributed by atoms with van der Waals surface area (Å²) < 4.78 is 5.79. The van der Waals surface area contributed by atoms with Crippen molar-refractivity contribution in [2.45, 2.75) is 19.9 Å². The van der Waals surface area contributed by atoms with Crippen LogP contribution in [-0.4, -0.2) is 50.4 Å². The molecule has 6 nitrogen and oxygen atoms in total. The summed E-state index contributed by atoms with van der Waals surface area (Å²) in [5, 5.41) is 15.0. The van der Waals surface area contributed by atoms with Gasteiger partial charge in [-0.15, -0.1) is 0 Å². The van der Waals surface area contributed by atoms with Gasteiger partial charge in [0.2, 0.25) is 0 Å². The number of nitrogens with one attached hydrogen (secondary N) is 2. The Morgan fingerprint density at radius 3 is 3.05 bits per heavy atom. The van der Waals surface area contributed by atoms with Gasteiger partial charge in [-0.1, -0.05) is 6.07 Å². The SMILES string of the molecule is CCOc1cc(CNCC(=O)O)ccc1N1CCCNCC1.